The van der Waals surface area contributed by atoms with Crippen molar-refractivity contribution in [3.63, 3.8) is 0 Å². The van der Waals surface area contributed by atoms with Crippen LogP contribution < -0.4 is 5.32 Å². The number of hydrogen-bond acceptors (Lipinski definition) is 6. The largest absolute Gasteiger partial charge is 0.462 e. The highest BCUT2D eigenvalue weighted by atomic mass is 32.1. The van der Waals surface area contributed by atoms with Crippen molar-refractivity contribution in [3.8, 4) is 0 Å². The van der Waals surface area contributed by atoms with Gasteiger partial charge in [0.15, 0.2) is 6.10 Å². The minimum Gasteiger partial charge on any atom is -0.462 e. The van der Waals surface area contributed by atoms with Gasteiger partial charge in [0.25, 0.3) is 5.91 Å². The Morgan fingerprint density at radius 1 is 1.24 bits per heavy atom. The molecule has 1 N–H and O–H groups in total. The topological polar surface area (TPSA) is 81.7 Å². The molecule has 1 aromatic carbocycles. The molecule has 3 rings (SSSR count). The van der Waals surface area contributed by atoms with E-state index < -0.39 is 35.7 Å². The van der Waals surface area contributed by atoms with Gasteiger partial charge in [0.2, 0.25) is 0 Å². The lowest BCUT2D eigenvalue weighted by Gasteiger charge is -2.18. The van der Waals surface area contributed by atoms with Crippen molar-refractivity contribution >= 4 is 34.2 Å². The highest BCUT2D eigenvalue weighted by molar-refractivity contribution is 7.17. The zero-order valence-corrected chi connectivity index (χ0v) is 19.2. The maximum absolute atomic E-state index is 12.9. The summed E-state index contributed by atoms with van der Waals surface area (Å²) in [7, 11) is 0. The van der Waals surface area contributed by atoms with Crippen LogP contribution in [0.5, 0.6) is 0 Å². The van der Waals surface area contributed by atoms with Crippen LogP contribution in [0.1, 0.15) is 63.9 Å². The van der Waals surface area contributed by atoms with Gasteiger partial charge in [-0.05, 0) is 62.8 Å². The van der Waals surface area contributed by atoms with Crippen LogP contribution in [-0.4, -0.2) is 30.6 Å². The molecule has 1 aliphatic carbocycles. The molecule has 0 spiro atoms. The maximum Gasteiger partial charge on any atom is 0.416 e. The predicted molar refractivity (Wildman–Crippen MR) is 116 cm³/mol. The molecule has 0 saturated carbocycles. The molecule has 0 saturated heterocycles. The number of ether oxygens (including phenoxy) is 2. The Balaban J connectivity index is 1.76. The Morgan fingerprint density at radius 3 is 2.64 bits per heavy atom. The van der Waals surface area contributed by atoms with E-state index in [2.05, 4.69) is 12.2 Å². The first-order valence-corrected chi connectivity index (χ1v) is 11.3. The molecule has 1 aromatic heterocycles. The number of benzene rings is 1. The molecular formula is C23H24F3NO5S. The van der Waals surface area contributed by atoms with Gasteiger partial charge in [-0.2, -0.15) is 13.2 Å². The molecule has 1 amide bonds. The molecule has 0 bridgehead atoms. The van der Waals surface area contributed by atoms with E-state index in [1.54, 1.807) is 6.92 Å². The van der Waals surface area contributed by atoms with Crippen molar-refractivity contribution in [2.24, 2.45) is 5.92 Å². The number of nitrogens with one attached hydrogen (secondary N) is 1. The third kappa shape index (κ3) is 5.73. The van der Waals surface area contributed by atoms with Gasteiger partial charge in [-0.3, -0.25) is 4.79 Å². The number of alkyl halides is 3. The van der Waals surface area contributed by atoms with Gasteiger partial charge in [0, 0.05) is 4.88 Å². The molecule has 178 valence electrons. The average molecular weight is 484 g/mol. The van der Waals surface area contributed by atoms with E-state index in [0.717, 1.165) is 35.4 Å². The summed E-state index contributed by atoms with van der Waals surface area (Å²) in [5.74, 6) is -1.85. The fraction of sp³-hybridized carbons (Fsp3) is 0.435. The van der Waals surface area contributed by atoms with E-state index in [0.29, 0.717) is 29.0 Å². The molecule has 2 aromatic rings. The average Bonchev–Trinajstić information content (AvgIpc) is 3.10. The number of carbonyl (C=O) groups is 3. The molecule has 1 heterocycles. The first kappa shape index (κ1) is 24.8. The van der Waals surface area contributed by atoms with Gasteiger partial charge < -0.3 is 14.8 Å². The second-order valence-electron chi connectivity index (χ2n) is 7.89. The van der Waals surface area contributed by atoms with Crippen molar-refractivity contribution in [3.05, 3.63) is 51.4 Å². The number of halogens is 3. The molecule has 6 nitrogen and oxygen atoms in total. The Kier molecular flexibility index (Phi) is 7.46. The molecule has 2 atom stereocenters. The van der Waals surface area contributed by atoms with Gasteiger partial charge in [-0.15, -0.1) is 11.3 Å². The molecule has 33 heavy (non-hydrogen) atoms. The van der Waals surface area contributed by atoms with Crippen molar-refractivity contribution in [2.75, 3.05) is 11.9 Å². The molecule has 1 aliphatic rings. The van der Waals surface area contributed by atoms with Crippen LogP contribution in [0.2, 0.25) is 0 Å². The quantitative estimate of drug-likeness (QED) is 0.568. The van der Waals surface area contributed by atoms with Crippen molar-refractivity contribution in [1.29, 1.82) is 0 Å². The van der Waals surface area contributed by atoms with Gasteiger partial charge in [0.1, 0.15) is 5.00 Å². The van der Waals surface area contributed by atoms with Gasteiger partial charge >= 0.3 is 18.1 Å². The van der Waals surface area contributed by atoms with E-state index in [1.165, 1.54) is 24.3 Å². The molecule has 10 heteroatoms. The minimum atomic E-state index is -4.61. The van der Waals surface area contributed by atoms with Crippen LogP contribution in [0.25, 0.3) is 0 Å². The van der Waals surface area contributed by atoms with Crippen molar-refractivity contribution < 1.29 is 37.0 Å². The summed E-state index contributed by atoms with van der Waals surface area (Å²) in [6.07, 6.45) is -3.54. The molecule has 0 aliphatic heterocycles. The van der Waals surface area contributed by atoms with Gasteiger partial charge in [-0.25, -0.2) is 9.59 Å². The summed E-state index contributed by atoms with van der Waals surface area (Å²) >= 11 is 1.29. The van der Waals surface area contributed by atoms with E-state index in [9.17, 15) is 27.6 Å². The monoisotopic (exact) mass is 483 g/mol. The second-order valence-corrected chi connectivity index (χ2v) is 9.00. The van der Waals surface area contributed by atoms with E-state index in [1.807, 2.05) is 0 Å². The third-order valence-electron chi connectivity index (χ3n) is 5.31. The Labute approximate surface area is 193 Å². The number of anilines is 1. The third-order valence-corrected chi connectivity index (χ3v) is 6.48. The number of fused-ring (bicyclic) bond motifs is 1. The summed E-state index contributed by atoms with van der Waals surface area (Å²) < 4.78 is 48.9. The molecule has 0 fully saturated rings. The Morgan fingerprint density at radius 2 is 1.97 bits per heavy atom. The van der Waals surface area contributed by atoms with E-state index in [4.69, 9.17) is 9.47 Å². The fourth-order valence-corrected chi connectivity index (χ4v) is 4.98. The van der Waals surface area contributed by atoms with Crippen molar-refractivity contribution in [2.45, 2.75) is 52.3 Å². The van der Waals surface area contributed by atoms with Crippen LogP contribution in [0.3, 0.4) is 0 Å². The zero-order chi connectivity index (χ0) is 24.3. The predicted octanol–water partition coefficient (Wildman–Crippen LogP) is 5.25. The summed E-state index contributed by atoms with van der Waals surface area (Å²) in [5.41, 5.74) is -0.141. The Hall–Kier alpha value is -2.88. The number of carbonyl (C=O) groups excluding carboxylic acids is 3. The van der Waals surface area contributed by atoms with Crippen LogP contribution in [0.15, 0.2) is 24.3 Å². The summed E-state index contributed by atoms with van der Waals surface area (Å²) in [6.45, 7) is 5.28. The lowest BCUT2D eigenvalue weighted by atomic mass is 9.88. The summed E-state index contributed by atoms with van der Waals surface area (Å²) in [5, 5.41) is 2.95. The molecule has 0 unspecified atom stereocenters. The lowest BCUT2D eigenvalue weighted by Crippen LogP contribution is -2.30. The van der Waals surface area contributed by atoms with Crippen LogP contribution in [0, 0.1) is 5.92 Å². The van der Waals surface area contributed by atoms with Crippen LogP contribution >= 0.6 is 11.3 Å². The maximum atomic E-state index is 12.9. The Bertz CT molecular complexity index is 1060. The molecular weight excluding hydrogens is 459 g/mol. The van der Waals surface area contributed by atoms with Gasteiger partial charge in [-0.1, -0.05) is 13.0 Å². The normalized spacial score (nSPS) is 16.5. The van der Waals surface area contributed by atoms with Gasteiger partial charge in [0.05, 0.1) is 23.3 Å². The number of hydrogen-bond donors (Lipinski definition) is 1. The lowest BCUT2D eigenvalue weighted by molar-refractivity contribution is -0.137. The zero-order valence-electron chi connectivity index (χ0n) is 18.4. The fourth-order valence-electron chi connectivity index (χ4n) is 3.58. The second kappa shape index (κ2) is 9.94. The summed E-state index contributed by atoms with van der Waals surface area (Å²) in [4.78, 5) is 38.6. The number of esters is 2. The number of rotatable bonds is 6. The highest BCUT2D eigenvalue weighted by Gasteiger charge is 2.32. The van der Waals surface area contributed by atoms with E-state index in [-0.39, 0.29) is 12.2 Å². The minimum absolute atomic E-state index is 0.179. The van der Waals surface area contributed by atoms with Crippen molar-refractivity contribution in [1.82, 2.24) is 0 Å². The number of thiophene rings is 1. The highest BCUT2D eigenvalue weighted by Crippen LogP contribution is 2.40. The SMILES string of the molecule is CCOC(=O)c1c(NC(=O)[C@H](C)OC(=O)c2cccc(C(F)(F)F)c2)sc2c1CC[C@@H](C)C2. The molecule has 0 radical (unpaired) electrons. The van der Waals surface area contributed by atoms with Crippen LogP contribution in [-0.2, 0) is 33.3 Å². The first-order valence-electron chi connectivity index (χ1n) is 10.5. The first-order chi connectivity index (χ1) is 15.5. The smallest absolute Gasteiger partial charge is 0.416 e. The van der Waals surface area contributed by atoms with E-state index >= 15 is 0 Å². The standard InChI is InChI=1S/C23H24F3NO5S/c1-4-31-22(30)18-16-9-8-12(2)10-17(16)33-20(18)27-19(28)13(3)32-21(29)14-6-5-7-15(11-14)23(24,25)26/h5-7,11-13H,4,8-10H2,1-3H3,(H,27,28)/t12-,13+/m1/s1. The summed E-state index contributed by atoms with van der Waals surface area (Å²) in [6, 6.07) is 3.77. The number of amides is 1. The van der Waals surface area contributed by atoms with Crippen LogP contribution in [0.4, 0.5) is 18.2 Å².